The maximum Gasteiger partial charge on any atom is 0.255 e. The van der Waals surface area contributed by atoms with Gasteiger partial charge in [-0.25, -0.2) is 4.39 Å². The normalized spacial score (nSPS) is 9.67. The number of amides is 1. The number of hydrogen-bond acceptors (Lipinski definition) is 3. The lowest BCUT2D eigenvalue weighted by atomic mass is 10.1. The Kier molecular flexibility index (Phi) is 4.64. The number of rotatable bonds is 2. The first-order valence-corrected chi connectivity index (χ1v) is 6.23. The molecule has 0 fully saturated rings. The second-order valence-corrected chi connectivity index (χ2v) is 4.29. The molecule has 1 aromatic carbocycles. The molecule has 0 saturated heterocycles. The average Bonchev–Trinajstić information content (AvgIpc) is 2.47. The molecule has 21 heavy (non-hydrogen) atoms. The Balaban J connectivity index is 2.29. The van der Waals surface area contributed by atoms with Crippen LogP contribution in [0, 0.1) is 24.6 Å². The molecule has 2 aromatic rings. The molecule has 4 nitrogen and oxygen atoms in total. The number of anilines is 1. The molecule has 0 spiro atoms. The third kappa shape index (κ3) is 3.88. The van der Waals surface area contributed by atoms with Crippen LogP contribution in [-0.2, 0) is 0 Å². The zero-order valence-electron chi connectivity index (χ0n) is 11.4. The number of nitrogens with one attached hydrogen (secondary N) is 1. The highest BCUT2D eigenvalue weighted by atomic mass is 19.1. The zero-order valence-corrected chi connectivity index (χ0v) is 11.4. The van der Waals surface area contributed by atoms with Gasteiger partial charge in [0.2, 0.25) is 0 Å². The van der Waals surface area contributed by atoms with E-state index in [1.54, 1.807) is 25.3 Å². The third-order valence-electron chi connectivity index (χ3n) is 2.69. The highest BCUT2D eigenvalue weighted by Crippen LogP contribution is 2.17. The van der Waals surface area contributed by atoms with Crippen LogP contribution in [-0.4, -0.2) is 22.6 Å². The molecule has 0 aliphatic heterocycles. The maximum absolute atomic E-state index is 13.2. The van der Waals surface area contributed by atoms with Crippen LogP contribution in [0.3, 0.4) is 0 Å². The van der Waals surface area contributed by atoms with Gasteiger partial charge in [0.05, 0.1) is 11.3 Å². The van der Waals surface area contributed by atoms with Crippen molar-refractivity contribution in [2.24, 2.45) is 0 Å². The molecule has 0 saturated carbocycles. The number of pyridine rings is 1. The molecular weight excluding hydrogens is 271 g/mol. The SMILES string of the molecule is Cc1cc(C(=O)Nc2ccc(F)cc2C#CCO)ccn1. The van der Waals surface area contributed by atoms with E-state index in [-0.39, 0.29) is 12.5 Å². The molecule has 1 heterocycles. The first kappa shape index (κ1) is 14.7. The van der Waals surface area contributed by atoms with Crippen molar-refractivity contribution in [2.45, 2.75) is 6.92 Å². The van der Waals surface area contributed by atoms with Gasteiger partial charge in [-0.15, -0.1) is 0 Å². The summed E-state index contributed by atoms with van der Waals surface area (Å²) in [7, 11) is 0. The molecule has 0 atom stereocenters. The van der Waals surface area contributed by atoms with E-state index >= 15 is 0 Å². The van der Waals surface area contributed by atoms with Crippen LogP contribution in [0.1, 0.15) is 21.6 Å². The molecule has 2 N–H and O–H groups in total. The molecular formula is C16H13FN2O2. The van der Waals surface area contributed by atoms with Gasteiger partial charge < -0.3 is 10.4 Å². The van der Waals surface area contributed by atoms with E-state index in [1.165, 1.54) is 18.2 Å². The molecule has 0 aliphatic carbocycles. The van der Waals surface area contributed by atoms with Crippen molar-refractivity contribution in [3.63, 3.8) is 0 Å². The number of nitrogens with zero attached hydrogens (tertiary/aromatic N) is 1. The summed E-state index contributed by atoms with van der Waals surface area (Å²) in [6.45, 7) is 1.44. The number of aromatic nitrogens is 1. The maximum atomic E-state index is 13.2. The van der Waals surface area contributed by atoms with Gasteiger partial charge >= 0.3 is 0 Å². The summed E-state index contributed by atoms with van der Waals surface area (Å²) in [5.41, 5.74) is 1.87. The van der Waals surface area contributed by atoms with E-state index in [2.05, 4.69) is 22.1 Å². The highest BCUT2D eigenvalue weighted by Gasteiger charge is 2.09. The summed E-state index contributed by atoms with van der Waals surface area (Å²) in [4.78, 5) is 16.2. The van der Waals surface area contributed by atoms with Crippen molar-refractivity contribution in [1.29, 1.82) is 0 Å². The molecule has 0 unspecified atom stereocenters. The summed E-state index contributed by atoms with van der Waals surface area (Å²) >= 11 is 0. The van der Waals surface area contributed by atoms with Crippen LogP contribution in [0.2, 0.25) is 0 Å². The number of halogens is 1. The van der Waals surface area contributed by atoms with E-state index in [1.807, 2.05) is 0 Å². The van der Waals surface area contributed by atoms with E-state index < -0.39 is 5.82 Å². The van der Waals surface area contributed by atoms with Gasteiger partial charge in [0.15, 0.2) is 0 Å². The fourth-order valence-corrected chi connectivity index (χ4v) is 1.74. The Morgan fingerprint density at radius 1 is 1.38 bits per heavy atom. The number of aliphatic hydroxyl groups is 1. The minimum atomic E-state index is -0.463. The molecule has 2 rings (SSSR count). The van der Waals surface area contributed by atoms with Crippen molar-refractivity contribution >= 4 is 11.6 Å². The molecule has 1 aromatic heterocycles. The number of carbonyl (C=O) groups is 1. The summed E-state index contributed by atoms with van der Waals surface area (Å²) in [5.74, 6) is 4.24. The first-order valence-electron chi connectivity index (χ1n) is 6.23. The predicted octanol–water partition coefficient (Wildman–Crippen LogP) is 2.13. The number of aryl methyl sites for hydroxylation is 1. The average molecular weight is 284 g/mol. The predicted molar refractivity (Wildman–Crippen MR) is 77.3 cm³/mol. The Morgan fingerprint density at radius 2 is 2.19 bits per heavy atom. The van der Waals surface area contributed by atoms with E-state index in [0.717, 1.165) is 5.69 Å². The first-order chi connectivity index (χ1) is 10.1. The number of benzene rings is 1. The largest absolute Gasteiger partial charge is 0.384 e. The van der Waals surface area contributed by atoms with Crippen molar-refractivity contribution < 1.29 is 14.3 Å². The van der Waals surface area contributed by atoms with Crippen LogP contribution in [0.25, 0.3) is 0 Å². The van der Waals surface area contributed by atoms with Crippen molar-refractivity contribution in [1.82, 2.24) is 4.98 Å². The lowest BCUT2D eigenvalue weighted by Crippen LogP contribution is -2.13. The van der Waals surface area contributed by atoms with Crippen LogP contribution < -0.4 is 5.32 Å². The zero-order chi connectivity index (χ0) is 15.2. The molecule has 0 radical (unpaired) electrons. The van der Waals surface area contributed by atoms with Crippen molar-refractivity contribution in [3.8, 4) is 11.8 Å². The third-order valence-corrected chi connectivity index (χ3v) is 2.69. The van der Waals surface area contributed by atoms with E-state index in [4.69, 9.17) is 5.11 Å². The van der Waals surface area contributed by atoms with Gasteiger partial charge in [0, 0.05) is 17.5 Å². The smallest absolute Gasteiger partial charge is 0.255 e. The topological polar surface area (TPSA) is 62.2 Å². The summed E-state index contributed by atoms with van der Waals surface area (Å²) < 4.78 is 13.2. The van der Waals surface area contributed by atoms with Crippen LogP contribution in [0.15, 0.2) is 36.5 Å². The highest BCUT2D eigenvalue weighted by molar-refractivity contribution is 6.04. The van der Waals surface area contributed by atoms with Crippen LogP contribution >= 0.6 is 0 Å². The van der Waals surface area contributed by atoms with Gasteiger partial charge in [0.25, 0.3) is 5.91 Å². The quantitative estimate of drug-likeness (QED) is 0.830. The minimum Gasteiger partial charge on any atom is -0.384 e. The van der Waals surface area contributed by atoms with Crippen LogP contribution in [0.5, 0.6) is 0 Å². The van der Waals surface area contributed by atoms with Gasteiger partial charge in [-0.05, 0) is 37.3 Å². The Bertz CT molecular complexity index is 733. The Hall–Kier alpha value is -2.71. The molecule has 106 valence electrons. The molecule has 5 heteroatoms. The monoisotopic (exact) mass is 284 g/mol. The lowest BCUT2D eigenvalue weighted by Gasteiger charge is -2.08. The van der Waals surface area contributed by atoms with Crippen LogP contribution in [0.4, 0.5) is 10.1 Å². The molecule has 1 amide bonds. The summed E-state index contributed by atoms with van der Waals surface area (Å²) in [6.07, 6.45) is 1.54. The fourth-order valence-electron chi connectivity index (χ4n) is 1.74. The minimum absolute atomic E-state index is 0.308. The van der Waals surface area contributed by atoms with Crippen molar-refractivity contribution in [3.05, 3.63) is 59.2 Å². The van der Waals surface area contributed by atoms with E-state index in [0.29, 0.717) is 16.8 Å². The summed E-state index contributed by atoms with van der Waals surface area (Å²) in [5, 5.41) is 11.4. The Morgan fingerprint density at radius 3 is 2.90 bits per heavy atom. The van der Waals surface area contributed by atoms with Gasteiger partial charge in [-0.3, -0.25) is 9.78 Å². The van der Waals surface area contributed by atoms with Gasteiger partial charge in [-0.2, -0.15) is 0 Å². The second-order valence-electron chi connectivity index (χ2n) is 4.29. The number of aliphatic hydroxyl groups excluding tert-OH is 1. The molecule has 0 bridgehead atoms. The van der Waals surface area contributed by atoms with Gasteiger partial charge in [-0.1, -0.05) is 11.8 Å². The standard InChI is InChI=1S/C16H13FN2O2/c1-11-9-13(6-7-18-11)16(21)19-15-5-4-14(17)10-12(15)3-2-8-20/h4-7,9-10,20H,8H2,1H3,(H,19,21). The fraction of sp³-hybridized carbons (Fsp3) is 0.125. The van der Waals surface area contributed by atoms with Crippen molar-refractivity contribution in [2.75, 3.05) is 11.9 Å². The van der Waals surface area contributed by atoms with Gasteiger partial charge in [0.1, 0.15) is 12.4 Å². The number of hydrogen-bond donors (Lipinski definition) is 2. The van der Waals surface area contributed by atoms with E-state index in [9.17, 15) is 9.18 Å². The number of carbonyl (C=O) groups excluding carboxylic acids is 1. The second kappa shape index (κ2) is 6.64. The molecule has 0 aliphatic rings. The summed E-state index contributed by atoms with van der Waals surface area (Å²) in [6, 6.07) is 7.11. The Labute approximate surface area is 121 Å². The lowest BCUT2D eigenvalue weighted by molar-refractivity contribution is 0.102.